The van der Waals surface area contributed by atoms with Crippen LogP contribution in [-0.2, 0) is 17.9 Å². The number of hydrogen-bond donors (Lipinski definition) is 1. The molecule has 1 aliphatic rings. The number of carbonyl (C=O) groups is 1. The number of carbonyl (C=O) groups excluding carboxylic acids is 1. The second kappa shape index (κ2) is 7.77. The van der Waals surface area contributed by atoms with Crippen molar-refractivity contribution in [3.63, 3.8) is 0 Å². The van der Waals surface area contributed by atoms with Crippen LogP contribution >= 0.6 is 0 Å². The minimum Gasteiger partial charge on any atom is -0.420 e. The topological polar surface area (TPSA) is 73.0 Å². The summed E-state index contributed by atoms with van der Waals surface area (Å²) in [6, 6.07) is 5.11. The summed E-state index contributed by atoms with van der Waals surface area (Å²) in [6.45, 7) is 3.92. The molecule has 8 heteroatoms. The van der Waals surface area contributed by atoms with E-state index in [-0.39, 0.29) is 19.0 Å². The summed E-state index contributed by atoms with van der Waals surface area (Å²) in [5.41, 5.74) is 2.90. The quantitative estimate of drug-likeness (QED) is 0.678. The number of amides is 1. The highest BCUT2D eigenvalue weighted by atomic mass is 19.1. The number of hydrogen-bond acceptors (Lipinski definition) is 4. The van der Waals surface area contributed by atoms with Gasteiger partial charge in [-0.2, -0.15) is 0 Å². The second-order valence-electron chi connectivity index (χ2n) is 7.50. The summed E-state index contributed by atoms with van der Waals surface area (Å²) >= 11 is 0. The van der Waals surface area contributed by atoms with Crippen molar-refractivity contribution in [1.82, 2.24) is 20.1 Å². The van der Waals surface area contributed by atoms with E-state index in [0.29, 0.717) is 23.3 Å². The molecule has 1 aromatic carbocycles. The van der Waals surface area contributed by atoms with Crippen LogP contribution in [0, 0.1) is 25.5 Å². The number of nitrogens with zero attached hydrogens (tertiary/aromatic N) is 3. The molecule has 1 fully saturated rings. The smallest absolute Gasteiger partial charge is 0.249 e. The molecule has 1 saturated carbocycles. The minimum absolute atomic E-state index is 0.0497. The molecular weight excluding hydrogens is 378 g/mol. The summed E-state index contributed by atoms with van der Waals surface area (Å²) in [5, 5.41) is 11.0. The van der Waals surface area contributed by atoms with Gasteiger partial charge in [0, 0.05) is 29.9 Å². The number of aryl methyl sites for hydroxylation is 1. The molecule has 0 saturated heterocycles. The third-order valence-corrected chi connectivity index (χ3v) is 5.41. The first-order valence-corrected chi connectivity index (χ1v) is 9.63. The van der Waals surface area contributed by atoms with E-state index >= 15 is 0 Å². The van der Waals surface area contributed by atoms with Crippen LogP contribution < -0.4 is 5.32 Å². The molecule has 3 aromatic rings. The Kier molecular flexibility index (Phi) is 5.17. The molecule has 0 aliphatic heterocycles. The number of aromatic nitrogens is 3. The van der Waals surface area contributed by atoms with Gasteiger partial charge in [-0.3, -0.25) is 4.79 Å². The lowest BCUT2D eigenvalue weighted by Gasteiger charge is -2.20. The van der Waals surface area contributed by atoms with Gasteiger partial charge in [0.05, 0.1) is 5.56 Å². The third kappa shape index (κ3) is 4.06. The number of benzene rings is 1. The van der Waals surface area contributed by atoms with Gasteiger partial charge in [-0.1, -0.05) is 6.42 Å². The van der Waals surface area contributed by atoms with E-state index in [1.54, 1.807) is 0 Å². The van der Waals surface area contributed by atoms with Crippen LogP contribution in [0.4, 0.5) is 8.78 Å². The highest BCUT2D eigenvalue weighted by Gasteiger charge is 2.26. The fraction of sp³-hybridized carbons (Fsp3) is 0.381. The molecule has 2 aromatic heterocycles. The zero-order valence-electron chi connectivity index (χ0n) is 16.3. The van der Waals surface area contributed by atoms with Gasteiger partial charge in [-0.25, -0.2) is 8.78 Å². The van der Waals surface area contributed by atoms with Crippen molar-refractivity contribution in [2.45, 2.75) is 52.1 Å². The molecule has 1 aliphatic carbocycles. The molecule has 0 atom stereocenters. The molecule has 1 amide bonds. The van der Waals surface area contributed by atoms with Crippen molar-refractivity contribution in [2.75, 3.05) is 0 Å². The maximum absolute atomic E-state index is 13.3. The monoisotopic (exact) mass is 400 g/mol. The fourth-order valence-electron chi connectivity index (χ4n) is 3.54. The molecule has 0 radical (unpaired) electrons. The Morgan fingerprint density at radius 2 is 1.90 bits per heavy atom. The van der Waals surface area contributed by atoms with Crippen LogP contribution in [0.1, 0.15) is 48.0 Å². The largest absolute Gasteiger partial charge is 0.420 e. The Morgan fingerprint density at radius 3 is 2.55 bits per heavy atom. The maximum Gasteiger partial charge on any atom is 0.249 e. The first-order valence-electron chi connectivity index (χ1n) is 9.63. The van der Waals surface area contributed by atoms with E-state index in [9.17, 15) is 13.6 Å². The van der Waals surface area contributed by atoms with E-state index in [1.165, 1.54) is 18.6 Å². The maximum atomic E-state index is 13.3. The van der Waals surface area contributed by atoms with Crippen molar-refractivity contribution >= 4 is 5.91 Å². The number of halogens is 2. The molecule has 4 rings (SSSR count). The Bertz CT molecular complexity index is 1030. The van der Waals surface area contributed by atoms with Gasteiger partial charge in [0.1, 0.15) is 18.2 Å². The Balaban J connectivity index is 1.44. The average molecular weight is 400 g/mol. The summed E-state index contributed by atoms with van der Waals surface area (Å²) in [5.74, 6) is -0.103. The van der Waals surface area contributed by atoms with Crippen molar-refractivity contribution in [3.05, 3.63) is 58.7 Å². The lowest BCUT2D eigenvalue weighted by atomic mass is 9.85. The van der Waals surface area contributed by atoms with E-state index in [2.05, 4.69) is 15.5 Å². The van der Waals surface area contributed by atoms with Crippen LogP contribution in [0.2, 0.25) is 0 Å². The van der Waals surface area contributed by atoms with Crippen LogP contribution in [0.25, 0.3) is 11.5 Å². The summed E-state index contributed by atoms with van der Waals surface area (Å²) in [6.07, 6.45) is 3.35. The van der Waals surface area contributed by atoms with Gasteiger partial charge in [-0.15, -0.1) is 10.2 Å². The first kappa shape index (κ1) is 19.3. The normalized spacial score (nSPS) is 14.1. The van der Waals surface area contributed by atoms with Crippen molar-refractivity contribution in [1.29, 1.82) is 0 Å². The van der Waals surface area contributed by atoms with Crippen molar-refractivity contribution < 1.29 is 18.0 Å². The predicted molar refractivity (Wildman–Crippen MR) is 102 cm³/mol. The summed E-state index contributed by atoms with van der Waals surface area (Å²) in [7, 11) is 0. The third-order valence-electron chi connectivity index (χ3n) is 5.41. The van der Waals surface area contributed by atoms with Gasteiger partial charge in [0.25, 0.3) is 0 Å². The van der Waals surface area contributed by atoms with Gasteiger partial charge in [0.15, 0.2) is 0 Å². The van der Waals surface area contributed by atoms with Crippen LogP contribution in [0.15, 0.2) is 28.7 Å². The van der Waals surface area contributed by atoms with Crippen LogP contribution in [0.5, 0.6) is 0 Å². The van der Waals surface area contributed by atoms with E-state index in [1.807, 2.05) is 24.5 Å². The molecule has 1 N–H and O–H groups in total. The fourth-order valence-corrected chi connectivity index (χ4v) is 3.54. The van der Waals surface area contributed by atoms with Crippen LogP contribution in [-0.4, -0.2) is 20.7 Å². The molecule has 29 heavy (non-hydrogen) atoms. The van der Waals surface area contributed by atoms with E-state index in [4.69, 9.17) is 4.42 Å². The van der Waals surface area contributed by atoms with Crippen molar-refractivity contribution in [3.8, 4) is 11.5 Å². The van der Waals surface area contributed by atoms with E-state index in [0.717, 1.165) is 35.9 Å². The highest BCUT2D eigenvalue weighted by Crippen LogP contribution is 2.37. The standard InChI is InChI=1S/C21H22F2N4O2/c1-12-6-18(21-26-25-20(29-21)15-4-3-5-15)13(2)27(12)11-19(28)24-10-14-7-16(22)9-17(23)8-14/h6-9,15H,3-5,10-11H2,1-2H3,(H,24,28). The highest BCUT2D eigenvalue weighted by molar-refractivity contribution is 5.76. The van der Waals surface area contributed by atoms with E-state index < -0.39 is 11.6 Å². The Hall–Kier alpha value is -3.03. The van der Waals surface area contributed by atoms with Gasteiger partial charge in [0.2, 0.25) is 17.7 Å². The SMILES string of the molecule is Cc1cc(-c2nnc(C3CCC3)o2)c(C)n1CC(=O)NCc1cc(F)cc(F)c1. The lowest BCUT2D eigenvalue weighted by molar-refractivity contribution is -0.121. The Labute approximate surface area is 166 Å². The Morgan fingerprint density at radius 1 is 1.17 bits per heavy atom. The molecule has 0 unspecified atom stereocenters. The zero-order valence-corrected chi connectivity index (χ0v) is 16.3. The lowest BCUT2D eigenvalue weighted by Crippen LogP contribution is -2.28. The molecule has 0 bridgehead atoms. The van der Waals surface area contributed by atoms with Crippen LogP contribution in [0.3, 0.4) is 0 Å². The summed E-state index contributed by atoms with van der Waals surface area (Å²) < 4.78 is 34.2. The average Bonchev–Trinajstić information content (AvgIpc) is 3.18. The van der Waals surface area contributed by atoms with Crippen molar-refractivity contribution in [2.24, 2.45) is 0 Å². The zero-order chi connectivity index (χ0) is 20.5. The number of nitrogens with one attached hydrogen (secondary N) is 1. The van der Waals surface area contributed by atoms with Gasteiger partial charge in [-0.05, 0) is 50.5 Å². The summed E-state index contributed by atoms with van der Waals surface area (Å²) in [4.78, 5) is 12.4. The molecule has 0 spiro atoms. The van der Waals surface area contributed by atoms with Gasteiger partial charge >= 0.3 is 0 Å². The predicted octanol–water partition coefficient (Wildman–Crippen LogP) is 4.02. The first-order chi connectivity index (χ1) is 13.9. The number of rotatable bonds is 6. The molecule has 2 heterocycles. The molecular formula is C21H22F2N4O2. The molecule has 152 valence electrons. The van der Waals surface area contributed by atoms with Gasteiger partial charge < -0.3 is 14.3 Å². The molecule has 6 nitrogen and oxygen atoms in total. The second-order valence-corrected chi connectivity index (χ2v) is 7.50. The minimum atomic E-state index is -0.670.